The largest absolute Gasteiger partial charge is 0.487 e. The molecule has 0 aliphatic carbocycles. The number of aryl methyl sites for hydroxylation is 2. The third-order valence-electron chi connectivity index (χ3n) is 4.19. The van der Waals surface area contributed by atoms with Crippen LogP contribution in [0, 0.1) is 32.1 Å². The Balaban J connectivity index is 1.98. The van der Waals surface area contributed by atoms with Gasteiger partial charge >= 0.3 is 0 Å². The third kappa shape index (κ3) is 2.89. The van der Waals surface area contributed by atoms with Gasteiger partial charge in [-0.2, -0.15) is 10.4 Å². The highest BCUT2D eigenvalue weighted by atomic mass is 16.5. The van der Waals surface area contributed by atoms with Crippen molar-refractivity contribution in [3.8, 4) is 17.5 Å². The minimum Gasteiger partial charge on any atom is -0.487 e. The molecule has 4 nitrogen and oxygen atoms in total. The SMILES string of the molecule is Cc1cccc(OCc2c(C#N)c(C)nn2-c2ccccc2)c1C. The summed E-state index contributed by atoms with van der Waals surface area (Å²) in [6.07, 6.45) is 0. The van der Waals surface area contributed by atoms with Gasteiger partial charge < -0.3 is 4.74 Å². The fraction of sp³-hybridized carbons (Fsp3) is 0.200. The maximum atomic E-state index is 9.50. The number of hydrogen-bond acceptors (Lipinski definition) is 3. The van der Waals surface area contributed by atoms with Crippen LogP contribution in [-0.2, 0) is 6.61 Å². The van der Waals surface area contributed by atoms with E-state index < -0.39 is 0 Å². The Morgan fingerprint density at radius 2 is 1.79 bits per heavy atom. The molecule has 3 rings (SSSR count). The lowest BCUT2D eigenvalue weighted by Gasteiger charge is -2.12. The maximum absolute atomic E-state index is 9.50. The number of nitrogens with zero attached hydrogens (tertiary/aromatic N) is 3. The van der Waals surface area contributed by atoms with Crippen molar-refractivity contribution in [1.82, 2.24) is 9.78 Å². The van der Waals surface area contributed by atoms with Crippen LogP contribution in [-0.4, -0.2) is 9.78 Å². The molecule has 0 aliphatic rings. The number of aromatic nitrogens is 2. The van der Waals surface area contributed by atoms with Gasteiger partial charge in [-0.25, -0.2) is 4.68 Å². The second-order valence-electron chi connectivity index (χ2n) is 5.75. The average molecular weight is 317 g/mol. The summed E-state index contributed by atoms with van der Waals surface area (Å²) in [4.78, 5) is 0. The summed E-state index contributed by atoms with van der Waals surface area (Å²) in [5.74, 6) is 0.831. The van der Waals surface area contributed by atoms with Crippen LogP contribution in [0.1, 0.15) is 28.1 Å². The van der Waals surface area contributed by atoms with E-state index in [1.54, 1.807) is 4.68 Å². The first-order valence-electron chi connectivity index (χ1n) is 7.85. The number of benzene rings is 2. The Bertz CT molecular complexity index is 905. The summed E-state index contributed by atoms with van der Waals surface area (Å²) < 4.78 is 7.80. The standard InChI is InChI=1S/C20H19N3O/c1-14-8-7-11-20(15(14)2)24-13-19-18(12-21)16(3)22-23(19)17-9-5-4-6-10-17/h4-11H,13H2,1-3H3. The van der Waals surface area contributed by atoms with Crippen LogP contribution in [0.5, 0.6) is 5.75 Å². The van der Waals surface area contributed by atoms with Gasteiger partial charge in [-0.05, 0) is 50.1 Å². The zero-order valence-electron chi connectivity index (χ0n) is 14.1. The van der Waals surface area contributed by atoms with Crippen LogP contribution in [0.15, 0.2) is 48.5 Å². The van der Waals surface area contributed by atoms with Crippen LogP contribution < -0.4 is 4.74 Å². The third-order valence-corrected chi connectivity index (χ3v) is 4.19. The molecule has 24 heavy (non-hydrogen) atoms. The predicted octanol–water partition coefficient (Wildman–Crippen LogP) is 4.25. The zero-order valence-corrected chi connectivity index (χ0v) is 14.1. The Hall–Kier alpha value is -3.06. The monoisotopic (exact) mass is 317 g/mol. The Morgan fingerprint density at radius 3 is 2.50 bits per heavy atom. The van der Waals surface area contributed by atoms with Crippen molar-refractivity contribution < 1.29 is 4.74 Å². The molecule has 0 saturated heterocycles. The smallest absolute Gasteiger partial charge is 0.132 e. The van der Waals surface area contributed by atoms with Gasteiger partial charge in [-0.3, -0.25) is 0 Å². The van der Waals surface area contributed by atoms with Crippen molar-refractivity contribution >= 4 is 0 Å². The van der Waals surface area contributed by atoms with Crippen molar-refractivity contribution in [3.63, 3.8) is 0 Å². The summed E-state index contributed by atoms with van der Waals surface area (Å²) in [6, 6.07) is 18.0. The Labute approximate surface area is 141 Å². The van der Waals surface area contributed by atoms with E-state index in [-0.39, 0.29) is 0 Å². The van der Waals surface area contributed by atoms with Gasteiger partial charge in [0.15, 0.2) is 0 Å². The van der Waals surface area contributed by atoms with Crippen LogP contribution >= 0.6 is 0 Å². The first-order chi connectivity index (χ1) is 11.6. The second-order valence-corrected chi connectivity index (χ2v) is 5.75. The van der Waals surface area contributed by atoms with E-state index in [1.165, 1.54) is 5.56 Å². The number of hydrogen-bond donors (Lipinski definition) is 0. The summed E-state index contributed by atoms with van der Waals surface area (Å²) in [6.45, 7) is 6.24. The van der Waals surface area contributed by atoms with Gasteiger partial charge in [0.1, 0.15) is 24.0 Å². The van der Waals surface area contributed by atoms with E-state index in [2.05, 4.69) is 24.2 Å². The molecular weight excluding hydrogens is 298 g/mol. The van der Waals surface area contributed by atoms with E-state index in [9.17, 15) is 5.26 Å². The Morgan fingerprint density at radius 1 is 1.04 bits per heavy atom. The minimum absolute atomic E-state index is 0.295. The van der Waals surface area contributed by atoms with Crippen LogP contribution in [0.2, 0.25) is 0 Å². The Kier molecular flexibility index (Phi) is 4.35. The highest BCUT2D eigenvalue weighted by Crippen LogP contribution is 2.24. The lowest BCUT2D eigenvalue weighted by molar-refractivity contribution is 0.295. The number of rotatable bonds is 4. The molecule has 1 heterocycles. The van der Waals surface area contributed by atoms with Gasteiger partial charge in [0.25, 0.3) is 0 Å². The quantitative estimate of drug-likeness (QED) is 0.723. The normalized spacial score (nSPS) is 10.4. The van der Waals surface area contributed by atoms with Gasteiger partial charge in [0.05, 0.1) is 17.1 Å². The molecule has 0 N–H and O–H groups in total. The van der Waals surface area contributed by atoms with Crippen molar-refractivity contribution in [3.05, 3.63) is 76.6 Å². The highest BCUT2D eigenvalue weighted by Gasteiger charge is 2.17. The highest BCUT2D eigenvalue weighted by molar-refractivity contribution is 5.44. The average Bonchev–Trinajstić information content (AvgIpc) is 2.92. The second kappa shape index (κ2) is 6.59. The fourth-order valence-corrected chi connectivity index (χ4v) is 2.66. The molecule has 0 fully saturated rings. The maximum Gasteiger partial charge on any atom is 0.132 e. The molecular formula is C20H19N3O. The molecule has 3 aromatic rings. The summed E-state index contributed by atoms with van der Waals surface area (Å²) >= 11 is 0. The molecule has 0 unspecified atom stereocenters. The molecule has 2 aromatic carbocycles. The van der Waals surface area contributed by atoms with Crippen LogP contribution in [0.3, 0.4) is 0 Å². The topological polar surface area (TPSA) is 50.8 Å². The summed E-state index contributed by atoms with van der Waals surface area (Å²) in [5.41, 5.74) is 5.26. The predicted molar refractivity (Wildman–Crippen MR) is 93.3 cm³/mol. The van der Waals surface area contributed by atoms with Crippen molar-refractivity contribution in [2.24, 2.45) is 0 Å². The molecule has 120 valence electrons. The van der Waals surface area contributed by atoms with Gasteiger partial charge in [-0.15, -0.1) is 0 Å². The van der Waals surface area contributed by atoms with Crippen LogP contribution in [0.4, 0.5) is 0 Å². The zero-order chi connectivity index (χ0) is 17.1. The first kappa shape index (κ1) is 15.8. The van der Waals surface area contributed by atoms with E-state index in [0.29, 0.717) is 17.9 Å². The van der Waals surface area contributed by atoms with E-state index in [4.69, 9.17) is 4.74 Å². The molecule has 0 bridgehead atoms. The van der Waals surface area contributed by atoms with Gasteiger partial charge in [-0.1, -0.05) is 30.3 Å². The lowest BCUT2D eigenvalue weighted by atomic mass is 10.1. The molecule has 4 heteroatoms. The fourth-order valence-electron chi connectivity index (χ4n) is 2.66. The van der Waals surface area contributed by atoms with Gasteiger partial charge in [0.2, 0.25) is 0 Å². The molecule has 0 aliphatic heterocycles. The van der Waals surface area contributed by atoms with E-state index >= 15 is 0 Å². The van der Waals surface area contributed by atoms with Crippen molar-refractivity contribution in [2.75, 3.05) is 0 Å². The molecule has 0 radical (unpaired) electrons. The first-order valence-corrected chi connectivity index (χ1v) is 7.85. The molecule has 0 amide bonds. The molecule has 0 saturated carbocycles. The number of nitriles is 1. The molecule has 0 spiro atoms. The van der Waals surface area contributed by atoms with Crippen molar-refractivity contribution in [1.29, 1.82) is 5.26 Å². The molecule has 0 atom stereocenters. The number of ether oxygens (including phenoxy) is 1. The molecule has 1 aromatic heterocycles. The lowest BCUT2D eigenvalue weighted by Crippen LogP contribution is -2.07. The minimum atomic E-state index is 0.295. The summed E-state index contributed by atoms with van der Waals surface area (Å²) in [7, 11) is 0. The van der Waals surface area contributed by atoms with Crippen molar-refractivity contribution in [2.45, 2.75) is 27.4 Å². The summed E-state index contributed by atoms with van der Waals surface area (Å²) in [5, 5.41) is 14.0. The van der Waals surface area contributed by atoms with E-state index in [0.717, 1.165) is 22.7 Å². The van der Waals surface area contributed by atoms with Gasteiger partial charge in [0, 0.05) is 0 Å². The van der Waals surface area contributed by atoms with E-state index in [1.807, 2.05) is 56.3 Å². The van der Waals surface area contributed by atoms with Crippen LogP contribution in [0.25, 0.3) is 5.69 Å². The number of para-hydroxylation sites is 1.